The average molecular weight is 359 g/mol. The van der Waals surface area contributed by atoms with Crippen LogP contribution in [0.3, 0.4) is 0 Å². The summed E-state index contributed by atoms with van der Waals surface area (Å²) < 4.78 is 11.3. The lowest BCUT2D eigenvalue weighted by molar-refractivity contribution is 0.407. The summed E-state index contributed by atoms with van der Waals surface area (Å²) in [5.41, 5.74) is 11.8. The first-order chi connectivity index (χ1) is 11.9. The van der Waals surface area contributed by atoms with E-state index in [1.807, 2.05) is 0 Å². The lowest BCUT2D eigenvalue weighted by Crippen LogP contribution is -2.07. The van der Waals surface area contributed by atoms with E-state index in [0.29, 0.717) is 5.88 Å². The summed E-state index contributed by atoms with van der Waals surface area (Å²) in [5, 5.41) is 0. The van der Waals surface area contributed by atoms with Crippen LogP contribution >= 0.6 is 11.6 Å². The molecule has 2 nitrogen and oxygen atoms in total. The number of benzene rings is 2. The van der Waals surface area contributed by atoms with E-state index in [-0.39, 0.29) is 0 Å². The first kappa shape index (κ1) is 18.1. The van der Waals surface area contributed by atoms with Crippen molar-refractivity contribution in [2.45, 2.75) is 52.8 Å². The van der Waals surface area contributed by atoms with Crippen molar-refractivity contribution in [3.05, 3.63) is 56.1 Å². The first-order valence-corrected chi connectivity index (χ1v) is 9.37. The molecule has 1 aliphatic rings. The van der Waals surface area contributed by atoms with Gasteiger partial charge in [-0.2, -0.15) is 0 Å². The Labute approximate surface area is 156 Å². The standard InChI is InChI=1S/C22H27ClO2/c1-12-9-16-10-19-18(8-7-17(16)13(2)21(12)24-5)14(3)22(25-6)15(4)20(19)11-23/h9H,7-8,10-11H2,1-6H3. The zero-order chi connectivity index (χ0) is 18.3. The molecule has 2 aromatic carbocycles. The van der Waals surface area contributed by atoms with E-state index in [1.165, 1.54) is 50.1 Å². The van der Waals surface area contributed by atoms with Gasteiger partial charge in [-0.1, -0.05) is 6.07 Å². The highest BCUT2D eigenvalue weighted by molar-refractivity contribution is 6.17. The summed E-state index contributed by atoms with van der Waals surface area (Å²) in [6.45, 7) is 8.62. The van der Waals surface area contributed by atoms with Gasteiger partial charge in [0.1, 0.15) is 11.5 Å². The number of hydrogen-bond acceptors (Lipinski definition) is 2. The molecule has 0 unspecified atom stereocenters. The molecule has 134 valence electrons. The van der Waals surface area contributed by atoms with Crippen LogP contribution in [0.5, 0.6) is 11.5 Å². The van der Waals surface area contributed by atoms with E-state index in [2.05, 4.69) is 33.8 Å². The molecule has 0 bridgehead atoms. The fourth-order valence-corrected chi connectivity index (χ4v) is 4.94. The molecule has 3 heteroatoms. The Hall–Kier alpha value is -1.67. The highest BCUT2D eigenvalue weighted by Crippen LogP contribution is 2.40. The van der Waals surface area contributed by atoms with Crippen LogP contribution in [-0.4, -0.2) is 14.2 Å². The molecule has 0 atom stereocenters. The second kappa shape index (κ2) is 6.92. The summed E-state index contributed by atoms with van der Waals surface area (Å²) in [6, 6.07) is 2.29. The van der Waals surface area contributed by atoms with E-state index in [4.69, 9.17) is 21.1 Å². The zero-order valence-corrected chi connectivity index (χ0v) is 16.9. The molecule has 25 heavy (non-hydrogen) atoms. The first-order valence-electron chi connectivity index (χ1n) is 8.84. The van der Waals surface area contributed by atoms with Crippen LogP contribution in [0.1, 0.15) is 50.1 Å². The van der Waals surface area contributed by atoms with Crippen molar-refractivity contribution in [3.8, 4) is 11.5 Å². The molecule has 1 aliphatic carbocycles. The summed E-state index contributed by atoms with van der Waals surface area (Å²) in [6.07, 6.45) is 2.98. The fraction of sp³-hybridized carbons (Fsp3) is 0.455. The van der Waals surface area contributed by atoms with Crippen molar-refractivity contribution in [1.82, 2.24) is 0 Å². The van der Waals surface area contributed by atoms with Gasteiger partial charge in [0, 0.05) is 5.88 Å². The van der Waals surface area contributed by atoms with E-state index in [0.717, 1.165) is 30.8 Å². The van der Waals surface area contributed by atoms with Crippen molar-refractivity contribution in [2.24, 2.45) is 0 Å². The van der Waals surface area contributed by atoms with Crippen LogP contribution < -0.4 is 9.47 Å². The monoisotopic (exact) mass is 358 g/mol. The van der Waals surface area contributed by atoms with Crippen molar-refractivity contribution >= 4 is 11.6 Å². The Morgan fingerprint density at radius 2 is 1.44 bits per heavy atom. The number of ether oxygens (including phenoxy) is 2. The van der Waals surface area contributed by atoms with Crippen molar-refractivity contribution < 1.29 is 9.47 Å². The summed E-state index contributed by atoms with van der Waals surface area (Å²) >= 11 is 6.37. The number of fused-ring (bicyclic) bond motifs is 2. The van der Waals surface area contributed by atoms with Crippen LogP contribution in [0.2, 0.25) is 0 Å². The molecule has 0 heterocycles. The predicted octanol–water partition coefficient (Wildman–Crippen LogP) is 5.37. The third-order valence-electron chi connectivity index (χ3n) is 5.78. The minimum absolute atomic E-state index is 0.522. The topological polar surface area (TPSA) is 18.5 Å². The number of methoxy groups -OCH3 is 2. The summed E-state index contributed by atoms with van der Waals surface area (Å²) in [4.78, 5) is 0. The van der Waals surface area contributed by atoms with Gasteiger partial charge in [-0.05, 0) is 97.0 Å². The Bertz CT molecular complexity index is 837. The highest BCUT2D eigenvalue weighted by atomic mass is 35.5. The highest BCUT2D eigenvalue weighted by Gasteiger charge is 2.25. The Balaban J connectivity index is 2.25. The fourth-order valence-electron chi connectivity index (χ4n) is 4.58. The molecule has 0 amide bonds. The third-order valence-corrected chi connectivity index (χ3v) is 6.05. The average Bonchev–Trinajstić information content (AvgIpc) is 2.76. The van der Waals surface area contributed by atoms with Crippen molar-refractivity contribution in [3.63, 3.8) is 0 Å². The quantitative estimate of drug-likeness (QED) is 0.687. The van der Waals surface area contributed by atoms with Gasteiger partial charge >= 0.3 is 0 Å². The minimum atomic E-state index is 0.522. The van der Waals surface area contributed by atoms with Crippen LogP contribution in [0.15, 0.2) is 6.07 Å². The van der Waals surface area contributed by atoms with Gasteiger partial charge in [0.25, 0.3) is 0 Å². The maximum Gasteiger partial charge on any atom is 0.125 e. The third kappa shape index (κ3) is 2.81. The van der Waals surface area contributed by atoms with E-state index in [1.54, 1.807) is 14.2 Å². The SMILES string of the molecule is COc1c(C)cc2c(c1C)CCc1c(C)c(OC)c(C)c(CCl)c1C2. The van der Waals surface area contributed by atoms with Crippen LogP contribution in [0.4, 0.5) is 0 Å². The molecular formula is C22H27ClO2. The van der Waals surface area contributed by atoms with Gasteiger partial charge in [-0.25, -0.2) is 0 Å². The number of rotatable bonds is 3. The van der Waals surface area contributed by atoms with Gasteiger partial charge in [-0.15, -0.1) is 11.6 Å². The van der Waals surface area contributed by atoms with Gasteiger partial charge in [0.2, 0.25) is 0 Å². The van der Waals surface area contributed by atoms with E-state index >= 15 is 0 Å². The molecule has 2 aromatic rings. The van der Waals surface area contributed by atoms with Gasteiger partial charge in [0.15, 0.2) is 0 Å². The predicted molar refractivity (Wildman–Crippen MR) is 105 cm³/mol. The molecule has 0 saturated carbocycles. The minimum Gasteiger partial charge on any atom is -0.496 e. The van der Waals surface area contributed by atoms with Crippen molar-refractivity contribution in [2.75, 3.05) is 14.2 Å². The molecule has 0 radical (unpaired) electrons. The molecule has 0 aliphatic heterocycles. The van der Waals surface area contributed by atoms with Crippen LogP contribution in [-0.2, 0) is 25.1 Å². The molecule has 0 fully saturated rings. The Kier molecular flexibility index (Phi) is 5.02. The molecule has 0 spiro atoms. The molecule has 3 rings (SSSR count). The van der Waals surface area contributed by atoms with Gasteiger partial charge in [0.05, 0.1) is 14.2 Å². The number of halogens is 1. The van der Waals surface area contributed by atoms with Gasteiger partial charge in [-0.3, -0.25) is 0 Å². The second-order valence-corrected chi connectivity index (χ2v) is 7.29. The summed E-state index contributed by atoms with van der Waals surface area (Å²) in [5.74, 6) is 2.53. The molecule has 0 N–H and O–H groups in total. The smallest absolute Gasteiger partial charge is 0.125 e. The van der Waals surface area contributed by atoms with Crippen LogP contribution in [0.25, 0.3) is 0 Å². The lowest BCUT2D eigenvalue weighted by Gasteiger charge is -2.21. The second-order valence-electron chi connectivity index (χ2n) is 7.02. The number of hydrogen-bond donors (Lipinski definition) is 0. The normalized spacial score (nSPS) is 13.1. The number of alkyl halides is 1. The van der Waals surface area contributed by atoms with E-state index < -0.39 is 0 Å². The Morgan fingerprint density at radius 3 is 2.04 bits per heavy atom. The van der Waals surface area contributed by atoms with Crippen molar-refractivity contribution in [1.29, 1.82) is 0 Å². The number of aryl methyl sites for hydroxylation is 1. The van der Waals surface area contributed by atoms with Crippen LogP contribution in [0, 0.1) is 27.7 Å². The lowest BCUT2D eigenvalue weighted by atomic mass is 9.88. The van der Waals surface area contributed by atoms with Gasteiger partial charge < -0.3 is 9.47 Å². The molecule has 0 aromatic heterocycles. The largest absolute Gasteiger partial charge is 0.496 e. The molecule has 0 saturated heterocycles. The maximum absolute atomic E-state index is 6.37. The molecular weight excluding hydrogens is 332 g/mol. The Morgan fingerprint density at radius 1 is 0.840 bits per heavy atom. The zero-order valence-electron chi connectivity index (χ0n) is 16.1. The summed E-state index contributed by atoms with van der Waals surface area (Å²) in [7, 11) is 3.51. The van der Waals surface area contributed by atoms with E-state index in [9.17, 15) is 0 Å². The maximum atomic E-state index is 6.37.